The molecular weight excluding hydrogens is 226 g/mol. The molecule has 1 nitrogen and oxygen atoms in total. The van der Waals surface area contributed by atoms with Crippen LogP contribution in [-0.4, -0.2) is 12.6 Å². The van der Waals surface area contributed by atoms with Crippen LogP contribution in [0.5, 0.6) is 0 Å². The maximum Gasteiger partial charge on any atom is 0.00935 e. The Balaban J connectivity index is 2.47. The summed E-state index contributed by atoms with van der Waals surface area (Å²) in [5.74, 6) is 0.731. The second-order valence-corrected chi connectivity index (χ2v) is 6.12. The summed E-state index contributed by atoms with van der Waals surface area (Å²) < 4.78 is 0. The number of thiophene rings is 1. The van der Waals surface area contributed by atoms with Gasteiger partial charge in [0.2, 0.25) is 0 Å². The van der Waals surface area contributed by atoms with Crippen molar-refractivity contribution >= 4 is 11.3 Å². The third kappa shape index (κ3) is 4.81. The predicted octanol–water partition coefficient (Wildman–Crippen LogP) is 4.27. The van der Waals surface area contributed by atoms with E-state index in [1.54, 1.807) is 4.88 Å². The summed E-state index contributed by atoms with van der Waals surface area (Å²) in [6, 6.07) is 5.27. The van der Waals surface area contributed by atoms with E-state index < -0.39 is 0 Å². The smallest absolute Gasteiger partial charge is 0.00935 e. The fourth-order valence-corrected chi connectivity index (χ4v) is 3.36. The molecule has 0 aromatic carbocycles. The van der Waals surface area contributed by atoms with Gasteiger partial charge < -0.3 is 5.32 Å². The van der Waals surface area contributed by atoms with Gasteiger partial charge in [0, 0.05) is 15.8 Å². The minimum Gasteiger partial charge on any atom is -0.314 e. The molecule has 1 rings (SSSR count). The molecule has 1 N–H and O–H groups in total. The second kappa shape index (κ2) is 7.88. The van der Waals surface area contributed by atoms with Crippen molar-refractivity contribution in [3.63, 3.8) is 0 Å². The van der Waals surface area contributed by atoms with E-state index in [1.165, 1.54) is 30.6 Å². The van der Waals surface area contributed by atoms with Gasteiger partial charge in [-0.25, -0.2) is 0 Å². The first-order chi connectivity index (χ1) is 8.21. The molecule has 2 atom stereocenters. The summed E-state index contributed by atoms with van der Waals surface area (Å²) in [5.41, 5.74) is 0. The van der Waals surface area contributed by atoms with Crippen LogP contribution >= 0.6 is 11.3 Å². The van der Waals surface area contributed by atoms with Gasteiger partial charge in [-0.05, 0) is 50.3 Å². The minimum atomic E-state index is 0.669. The Labute approximate surface area is 111 Å². The van der Waals surface area contributed by atoms with E-state index in [0.29, 0.717) is 6.04 Å². The molecule has 2 heteroatoms. The van der Waals surface area contributed by atoms with Crippen molar-refractivity contribution in [2.45, 2.75) is 59.4 Å². The van der Waals surface area contributed by atoms with Crippen molar-refractivity contribution in [3.8, 4) is 0 Å². The van der Waals surface area contributed by atoms with E-state index in [0.717, 1.165) is 12.5 Å². The lowest BCUT2D eigenvalue weighted by molar-refractivity contribution is 0.366. The number of nitrogens with one attached hydrogen (secondary N) is 1. The van der Waals surface area contributed by atoms with Gasteiger partial charge in [0.1, 0.15) is 0 Å². The van der Waals surface area contributed by atoms with Crippen molar-refractivity contribution in [3.05, 3.63) is 21.9 Å². The monoisotopic (exact) mass is 253 g/mol. The largest absolute Gasteiger partial charge is 0.314 e. The Kier molecular flexibility index (Phi) is 6.83. The van der Waals surface area contributed by atoms with Crippen LogP contribution in [0.3, 0.4) is 0 Å². The van der Waals surface area contributed by atoms with Crippen molar-refractivity contribution in [2.75, 3.05) is 6.54 Å². The van der Waals surface area contributed by atoms with E-state index >= 15 is 0 Å². The molecule has 1 aromatic rings. The maximum absolute atomic E-state index is 3.66. The number of hydrogen-bond donors (Lipinski definition) is 1. The Morgan fingerprint density at radius 1 is 1.18 bits per heavy atom. The molecule has 98 valence electrons. The normalized spacial score (nSPS) is 14.8. The van der Waals surface area contributed by atoms with Gasteiger partial charge in [0.15, 0.2) is 0 Å². The molecular formula is C15H27NS. The van der Waals surface area contributed by atoms with Crippen LogP contribution in [0.4, 0.5) is 0 Å². The van der Waals surface area contributed by atoms with Gasteiger partial charge in [0.25, 0.3) is 0 Å². The Hall–Kier alpha value is -0.340. The van der Waals surface area contributed by atoms with Crippen LogP contribution in [-0.2, 0) is 12.8 Å². The summed E-state index contributed by atoms with van der Waals surface area (Å²) in [6.45, 7) is 10.3. The molecule has 0 radical (unpaired) electrons. The third-order valence-corrected chi connectivity index (χ3v) is 4.62. The summed E-state index contributed by atoms with van der Waals surface area (Å²) in [5, 5.41) is 3.66. The maximum atomic E-state index is 3.66. The van der Waals surface area contributed by atoms with Gasteiger partial charge >= 0.3 is 0 Å². The molecule has 0 saturated carbocycles. The van der Waals surface area contributed by atoms with Crippen LogP contribution < -0.4 is 5.32 Å². The van der Waals surface area contributed by atoms with E-state index in [9.17, 15) is 0 Å². The van der Waals surface area contributed by atoms with Crippen LogP contribution in [0, 0.1) is 5.92 Å². The number of aryl methyl sites for hydroxylation is 1. The van der Waals surface area contributed by atoms with Crippen molar-refractivity contribution in [1.29, 1.82) is 0 Å². The van der Waals surface area contributed by atoms with Crippen LogP contribution in [0.1, 0.15) is 50.3 Å². The highest BCUT2D eigenvalue weighted by Crippen LogP contribution is 2.22. The van der Waals surface area contributed by atoms with Gasteiger partial charge in [-0.1, -0.05) is 27.7 Å². The molecule has 0 spiro atoms. The SMILES string of the molecule is CCCNC(CC)C(C)Cc1ccc(CC)s1. The van der Waals surface area contributed by atoms with Gasteiger partial charge in [-0.15, -0.1) is 11.3 Å². The highest BCUT2D eigenvalue weighted by atomic mass is 32.1. The zero-order valence-electron chi connectivity index (χ0n) is 11.8. The predicted molar refractivity (Wildman–Crippen MR) is 78.9 cm³/mol. The molecule has 0 saturated heterocycles. The molecule has 0 aliphatic heterocycles. The van der Waals surface area contributed by atoms with Gasteiger partial charge in [-0.2, -0.15) is 0 Å². The molecule has 0 aliphatic carbocycles. The molecule has 17 heavy (non-hydrogen) atoms. The molecule has 1 aromatic heterocycles. The number of hydrogen-bond acceptors (Lipinski definition) is 2. The second-order valence-electron chi connectivity index (χ2n) is 4.87. The fraction of sp³-hybridized carbons (Fsp3) is 0.733. The molecule has 2 unspecified atom stereocenters. The Bertz CT molecular complexity index is 306. The van der Waals surface area contributed by atoms with Crippen molar-refractivity contribution in [2.24, 2.45) is 5.92 Å². The molecule has 0 bridgehead atoms. The van der Waals surface area contributed by atoms with Crippen LogP contribution in [0.2, 0.25) is 0 Å². The van der Waals surface area contributed by atoms with Gasteiger partial charge in [-0.3, -0.25) is 0 Å². The standard InChI is InChI=1S/C15H27NS/c1-5-10-16-15(7-3)12(4)11-14-9-8-13(6-2)17-14/h8-9,12,15-16H,5-7,10-11H2,1-4H3. The molecule has 0 fully saturated rings. The summed E-state index contributed by atoms with van der Waals surface area (Å²) in [4.78, 5) is 3.06. The topological polar surface area (TPSA) is 12.0 Å². The van der Waals surface area contributed by atoms with Crippen LogP contribution in [0.15, 0.2) is 12.1 Å². The zero-order chi connectivity index (χ0) is 12.7. The van der Waals surface area contributed by atoms with E-state index in [2.05, 4.69) is 45.1 Å². The molecule has 0 aliphatic rings. The minimum absolute atomic E-state index is 0.669. The molecule has 1 heterocycles. The first-order valence-corrected chi connectivity index (χ1v) is 7.83. The summed E-state index contributed by atoms with van der Waals surface area (Å²) in [7, 11) is 0. The Morgan fingerprint density at radius 2 is 1.88 bits per heavy atom. The van der Waals surface area contributed by atoms with E-state index in [-0.39, 0.29) is 0 Å². The first-order valence-electron chi connectivity index (χ1n) is 7.02. The quantitative estimate of drug-likeness (QED) is 0.729. The van der Waals surface area contributed by atoms with Crippen LogP contribution in [0.25, 0.3) is 0 Å². The Morgan fingerprint density at radius 3 is 2.41 bits per heavy atom. The fourth-order valence-electron chi connectivity index (χ4n) is 2.26. The van der Waals surface area contributed by atoms with Crippen molar-refractivity contribution in [1.82, 2.24) is 5.32 Å². The molecule has 0 amide bonds. The lowest BCUT2D eigenvalue weighted by atomic mass is 9.95. The average molecular weight is 253 g/mol. The zero-order valence-corrected chi connectivity index (χ0v) is 12.6. The van der Waals surface area contributed by atoms with E-state index in [1.807, 2.05) is 11.3 Å². The average Bonchev–Trinajstić information content (AvgIpc) is 2.77. The lowest BCUT2D eigenvalue weighted by Gasteiger charge is -2.23. The number of rotatable bonds is 8. The van der Waals surface area contributed by atoms with Gasteiger partial charge in [0.05, 0.1) is 0 Å². The first kappa shape index (κ1) is 14.7. The van der Waals surface area contributed by atoms with Crippen molar-refractivity contribution < 1.29 is 0 Å². The lowest BCUT2D eigenvalue weighted by Crippen LogP contribution is -2.35. The summed E-state index contributed by atoms with van der Waals surface area (Å²) >= 11 is 1.99. The summed E-state index contributed by atoms with van der Waals surface area (Å²) in [6.07, 6.45) is 4.85. The van der Waals surface area contributed by atoms with E-state index in [4.69, 9.17) is 0 Å². The highest BCUT2D eigenvalue weighted by Gasteiger charge is 2.15. The third-order valence-electron chi connectivity index (χ3n) is 3.37. The highest BCUT2D eigenvalue weighted by molar-refractivity contribution is 7.11.